The van der Waals surface area contributed by atoms with Crippen LogP contribution in [0, 0.1) is 0 Å². The Morgan fingerprint density at radius 2 is 2.14 bits per heavy atom. The smallest absolute Gasteiger partial charge is 0.241 e. The summed E-state index contributed by atoms with van der Waals surface area (Å²) < 4.78 is 32.5. The predicted molar refractivity (Wildman–Crippen MR) is 84.1 cm³/mol. The molecular formula is C13H23N3O3S2. The van der Waals surface area contributed by atoms with Gasteiger partial charge in [-0.25, -0.2) is 13.1 Å². The summed E-state index contributed by atoms with van der Waals surface area (Å²) >= 11 is 1.46. The normalized spacial score (nSPS) is 17.2. The lowest BCUT2D eigenvalue weighted by Gasteiger charge is -2.26. The molecule has 1 aromatic rings. The van der Waals surface area contributed by atoms with Crippen molar-refractivity contribution in [3.63, 3.8) is 0 Å². The molecule has 0 aromatic carbocycles. The minimum atomic E-state index is -3.40. The predicted octanol–water partition coefficient (Wildman–Crippen LogP) is 0.468. The number of morpholine rings is 1. The quantitative estimate of drug-likeness (QED) is 0.677. The van der Waals surface area contributed by atoms with Crippen molar-refractivity contribution in [2.45, 2.75) is 17.9 Å². The fraction of sp³-hybridized carbons (Fsp3) is 0.692. The molecule has 2 heterocycles. The standard InChI is InChI=1S/C13H23N3O3S2/c1-14-11-12-13(3-10-20-12)21(17,18)15-4-2-5-16-6-8-19-9-7-16/h3,10,14-15H,2,4-9,11H2,1H3. The van der Waals surface area contributed by atoms with Gasteiger partial charge < -0.3 is 10.1 Å². The summed E-state index contributed by atoms with van der Waals surface area (Å²) in [7, 11) is -1.58. The average Bonchev–Trinajstić information content (AvgIpc) is 2.94. The second-order valence-corrected chi connectivity index (χ2v) is 7.68. The van der Waals surface area contributed by atoms with E-state index in [9.17, 15) is 8.42 Å². The zero-order chi connectivity index (χ0) is 15.1. The lowest BCUT2D eigenvalue weighted by atomic mass is 10.3. The van der Waals surface area contributed by atoms with Crippen LogP contribution in [0.3, 0.4) is 0 Å². The highest BCUT2D eigenvalue weighted by atomic mass is 32.2. The van der Waals surface area contributed by atoms with Gasteiger partial charge in [0.1, 0.15) is 0 Å². The van der Waals surface area contributed by atoms with Crippen molar-refractivity contribution in [1.82, 2.24) is 14.9 Å². The second-order valence-electron chi connectivity index (χ2n) is 4.94. The van der Waals surface area contributed by atoms with E-state index in [1.807, 2.05) is 12.4 Å². The number of thiophene rings is 1. The lowest BCUT2D eigenvalue weighted by molar-refractivity contribution is 0.0376. The highest BCUT2D eigenvalue weighted by molar-refractivity contribution is 7.89. The van der Waals surface area contributed by atoms with E-state index in [1.54, 1.807) is 6.07 Å². The van der Waals surface area contributed by atoms with Crippen molar-refractivity contribution in [3.8, 4) is 0 Å². The maximum absolute atomic E-state index is 12.3. The SMILES string of the molecule is CNCc1sccc1S(=O)(=O)NCCCN1CCOCC1. The van der Waals surface area contributed by atoms with E-state index in [2.05, 4.69) is 14.9 Å². The third-order valence-electron chi connectivity index (χ3n) is 3.38. The van der Waals surface area contributed by atoms with Gasteiger partial charge >= 0.3 is 0 Å². The molecule has 1 aromatic heterocycles. The first kappa shape index (κ1) is 16.9. The van der Waals surface area contributed by atoms with E-state index >= 15 is 0 Å². The Hall–Kier alpha value is -0.510. The van der Waals surface area contributed by atoms with Crippen LogP contribution < -0.4 is 10.0 Å². The zero-order valence-electron chi connectivity index (χ0n) is 12.3. The number of hydrogen-bond donors (Lipinski definition) is 2. The Balaban J connectivity index is 1.79. The summed E-state index contributed by atoms with van der Waals surface area (Å²) in [5, 5.41) is 4.81. The summed E-state index contributed by atoms with van der Waals surface area (Å²) in [6, 6.07) is 1.67. The van der Waals surface area contributed by atoms with E-state index in [0.717, 1.165) is 44.1 Å². The van der Waals surface area contributed by atoms with Crippen molar-refractivity contribution < 1.29 is 13.2 Å². The maximum atomic E-state index is 12.3. The monoisotopic (exact) mass is 333 g/mol. The number of nitrogens with zero attached hydrogens (tertiary/aromatic N) is 1. The van der Waals surface area contributed by atoms with Gasteiger partial charge in [-0.15, -0.1) is 11.3 Å². The molecule has 21 heavy (non-hydrogen) atoms. The molecule has 2 N–H and O–H groups in total. The second kappa shape index (κ2) is 8.21. The van der Waals surface area contributed by atoms with Crippen LogP contribution in [0.4, 0.5) is 0 Å². The Kier molecular flexibility index (Phi) is 6.59. The highest BCUT2D eigenvalue weighted by Gasteiger charge is 2.19. The van der Waals surface area contributed by atoms with Gasteiger partial charge in [-0.2, -0.15) is 0 Å². The molecule has 6 nitrogen and oxygen atoms in total. The molecule has 0 saturated carbocycles. The third-order valence-corrected chi connectivity index (χ3v) is 5.97. The number of sulfonamides is 1. The van der Waals surface area contributed by atoms with Crippen molar-refractivity contribution >= 4 is 21.4 Å². The van der Waals surface area contributed by atoms with Crippen molar-refractivity contribution in [1.29, 1.82) is 0 Å². The van der Waals surface area contributed by atoms with Gasteiger partial charge in [-0.3, -0.25) is 4.90 Å². The van der Waals surface area contributed by atoms with Gasteiger partial charge in [-0.05, 0) is 31.5 Å². The van der Waals surface area contributed by atoms with Gasteiger partial charge in [0.05, 0.1) is 18.1 Å². The minimum absolute atomic E-state index is 0.397. The molecule has 0 atom stereocenters. The molecule has 2 rings (SSSR count). The van der Waals surface area contributed by atoms with E-state index in [1.165, 1.54) is 11.3 Å². The van der Waals surface area contributed by atoms with E-state index in [4.69, 9.17) is 4.74 Å². The van der Waals surface area contributed by atoms with Gasteiger partial charge in [0.2, 0.25) is 10.0 Å². The topological polar surface area (TPSA) is 70.7 Å². The molecule has 1 aliphatic heterocycles. The molecule has 1 fully saturated rings. The number of rotatable bonds is 8. The molecule has 1 aliphatic rings. The summed E-state index contributed by atoms with van der Waals surface area (Å²) in [4.78, 5) is 3.54. The van der Waals surface area contributed by atoms with Crippen molar-refractivity contribution in [2.75, 3.05) is 46.4 Å². The summed E-state index contributed by atoms with van der Waals surface area (Å²) in [6.07, 6.45) is 0.810. The maximum Gasteiger partial charge on any atom is 0.241 e. The number of hydrogen-bond acceptors (Lipinski definition) is 6. The van der Waals surface area contributed by atoms with Crippen molar-refractivity contribution in [3.05, 3.63) is 16.3 Å². The number of ether oxygens (including phenoxy) is 1. The average molecular weight is 333 g/mol. The molecule has 0 aliphatic carbocycles. The van der Waals surface area contributed by atoms with Crippen LogP contribution in [0.25, 0.3) is 0 Å². The first-order chi connectivity index (χ1) is 10.1. The van der Waals surface area contributed by atoms with Crippen LogP contribution in [0.1, 0.15) is 11.3 Å². The lowest BCUT2D eigenvalue weighted by Crippen LogP contribution is -2.38. The Bertz CT molecular complexity index is 525. The Morgan fingerprint density at radius 3 is 2.86 bits per heavy atom. The van der Waals surface area contributed by atoms with Gasteiger partial charge in [0.15, 0.2) is 0 Å². The van der Waals surface area contributed by atoms with Crippen LogP contribution in [-0.2, 0) is 21.3 Å². The molecule has 0 bridgehead atoms. The summed E-state index contributed by atoms with van der Waals surface area (Å²) in [5.41, 5.74) is 0. The van der Waals surface area contributed by atoms with Crippen LogP contribution in [0.5, 0.6) is 0 Å². The number of nitrogens with one attached hydrogen (secondary N) is 2. The molecule has 0 unspecified atom stereocenters. The fourth-order valence-corrected chi connectivity index (χ4v) is 4.80. The fourth-order valence-electron chi connectivity index (χ4n) is 2.27. The van der Waals surface area contributed by atoms with Crippen molar-refractivity contribution in [2.24, 2.45) is 0 Å². The first-order valence-electron chi connectivity index (χ1n) is 7.14. The van der Waals surface area contributed by atoms with Gasteiger partial charge in [0.25, 0.3) is 0 Å². The van der Waals surface area contributed by atoms with Gasteiger partial charge in [0, 0.05) is 31.1 Å². The third kappa shape index (κ3) is 5.01. The largest absolute Gasteiger partial charge is 0.379 e. The minimum Gasteiger partial charge on any atom is -0.379 e. The van der Waals surface area contributed by atoms with E-state index in [-0.39, 0.29) is 0 Å². The van der Waals surface area contributed by atoms with E-state index < -0.39 is 10.0 Å². The molecule has 0 amide bonds. The van der Waals surface area contributed by atoms with Crippen LogP contribution in [-0.4, -0.2) is 59.8 Å². The molecule has 1 saturated heterocycles. The molecule has 8 heteroatoms. The van der Waals surface area contributed by atoms with Gasteiger partial charge in [-0.1, -0.05) is 0 Å². The van der Waals surface area contributed by atoms with Crippen LogP contribution in [0.2, 0.25) is 0 Å². The zero-order valence-corrected chi connectivity index (χ0v) is 13.9. The molecular weight excluding hydrogens is 310 g/mol. The molecule has 120 valence electrons. The Morgan fingerprint density at radius 1 is 1.38 bits per heavy atom. The van der Waals surface area contributed by atoms with Crippen LogP contribution in [0.15, 0.2) is 16.3 Å². The summed E-state index contributed by atoms with van der Waals surface area (Å²) in [5.74, 6) is 0. The highest BCUT2D eigenvalue weighted by Crippen LogP contribution is 2.21. The summed E-state index contributed by atoms with van der Waals surface area (Å²) in [6.45, 7) is 5.35. The van der Waals surface area contributed by atoms with E-state index in [0.29, 0.717) is 18.0 Å². The Labute approximate surface area is 130 Å². The molecule has 0 spiro atoms. The molecule has 0 radical (unpaired) electrons. The first-order valence-corrected chi connectivity index (χ1v) is 9.50. The van der Waals surface area contributed by atoms with Crippen LogP contribution >= 0.6 is 11.3 Å².